The Kier molecular flexibility index (Phi) is 6.92. The number of halogens is 3. The highest BCUT2D eigenvalue weighted by atomic mass is 35.5. The lowest BCUT2D eigenvalue weighted by Crippen LogP contribution is -2.25. The van der Waals surface area contributed by atoms with E-state index < -0.39 is 0 Å². The van der Waals surface area contributed by atoms with Crippen molar-refractivity contribution >= 4 is 11.6 Å². The van der Waals surface area contributed by atoms with Crippen LogP contribution in [0.3, 0.4) is 0 Å². The Hall–Kier alpha value is -0.890. The van der Waals surface area contributed by atoms with Crippen molar-refractivity contribution in [2.75, 3.05) is 6.67 Å². The van der Waals surface area contributed by atoms with Gasteiger partial charge in [0.2, 0.25) is 0 Å². The first-order valence-electron chi connectivity index (χ1n) is 9.85. The van der Waals surface area contributed by atoms with E-state index in [1.165, 1.54) is 51.4 Å². The second-order valence-electron chi connectivity index (χ2n) is 7.87. The Bertz CT molecular complexity index is 567. The van der Waals surface area contributed by atoms with Gasteiger partial charge in [-0.15, -0.1) is 0 Å². The number of hydrogen-bond acceptors (Lipinski definition) is 0. The standard InChI is InChI=1S/C22H29ClF2/c23-21-13-12-20(15-22(21)25)19-10-8-18(9-11-19)17-6-4-16(5-7-17)3-1-2-14-24/h1,3,12-13,15-19H,2,4-11,14H2/b3-1+. The van der Waals surface area contributed by atoms with Gasteiger partial charge in [-0.1, -0.05) is 29.8 Å². The SMILES string of the molecule is FCC/C=C/C1CCC(C2CCC(c3ccc(Cl)c(F)c3)CC2)CC1. The summed E-state index contributed by atoms with van der Waals surface area (Å²) in [6.45, 7) is -0.243. The van der Waals surface area contributed by atoms with Crippen LogP contribution >= 0.6 is 11.6 Å². The van der Waals surface area contributed by atoms with Gasteiger partial charge in [0.1, 0.15) is 5.82 Å². The van der Waals surface area contributed by atoms with E-state index in [0.29, 0.717) is 18.3 Å². The molecule has 2 fully saturated rings. The van der Waals surface area contributed by atoms with E-state index in [-0.39, 0.29) is 17.5 Å². The average Bonchev–Trinajstić information content (AvgIpc) is 2.65. The smallest absolute Gasteiger partial charge is 0.142 e. The molecule has 25 heavy (non-hydrogen) atoms. The van der Waals surface area contributed by atoms with Crippen LogP contribution in [0.15, 0.2) is 30.4 Å². The van der Waals surface area contributed by atoms with E-state index in [9.17, 15) is 8.78 Å². The molecule has 0 saturated heterocycles. The molecule has 2 saturated carbocycles. The summed E-state index contributed by atoms with van der Waals surface area (Å²) in [6, 6.07) is 5.31. The lowest BCUT2D eigenvalue weighted by atomic mass is 9.68. The van der Waals surface area contributed by atoms with Crippen LogP contribution in [0.4, 0.5) is 8.78 Å². The van der Waals surface area contributed by atoms with Crippen molar-refractivity contribution in [1.82, 2.24) is 0 Å². The Balaban J connectivity index is 1.46. The fourth-order valence-corrected chi connectivity index (χ4v) is 4.97. The van der Waals surface area contributed by atoms with E-state index in [4.69, 9.17) is 11.6 Å². The summed E-state index contributed by atoms with van der Waals surface area (Å²) in [5, 5.41) is 0.217. The fourth-order valence-electron chi connectivity index (χ4n) is 4.85. The highest BCUT2D eigenvalue weighted by Crippen LogP contribution is 2.44. The minimum atomic E-state index is -0.291. The quantitative estimate of drug-likeness (QED) is 0.474. The van der Waals surface area contributed by atoms with Crippen molar-refractivity contribution in [1.29, 1.82) is 0 Å². The molecule has 0 radical (unpaired) electrons. The molecule has 1 aromatic rings. The largest absolute Gasteiger partial charge is 0.251 e. The van der Waals surface area contributed by atoms with Gasteiger partial charge in [0.15, 0.2) is 0 Å². The summed E-state index contributed by atoms with van der Waals surface area (Å²) in [5.41, 5.74) is 1.11. The summed E-state index contributed by atoms with van der Waals surface area (Å²) >= 11 is 5.80. The first-order chi connectivity index (χ1) is 12.2. The monoisotopic (exact) mass is 366 g/mol. The van der Waals surface area contributed by atoms with Gasteiger partial charge >= 0.3 is 0 Å². The summed E-state index contributed by atoms with van der Waals surface area (Å²) in [6.07, 6.45) is 14.8. The molecule has 0 nitrogen and oxygen atoms in total. The average molecular weight is 367 g/mol. The maximum atomic E-state index is 13.7. The molecule has 0 amide bonds. The van der Waals surface area contributed by atoms with Crippen molar-refractivity contribution in [2.45, 2.75) is 63.7 Å². The number of hydrogen-bond donors (Lipinski definition) is 0. The Morgan fingerprint density at radius 1 is 0.960 bits per heavy atom. The van der Waals surface area contributed by atoms with E-state index >= 15 is 0 Å². The second kappa shape index (κ2) is 9.16. The third-order valence-corrected chi connectivity index (χ3v) is 6.66. The van der Waals surface area contributed by atoms with Gasteiger partial charge in [-0.25, -0.2) is 4.39 Å². The molecule has 0 aliphatic heterocycles. The molecule has 0 heterocycles. The molecule has 2 aliphatic rings. The molecule has 1 aromatic carbocycles. The van der Waals surface area contributed by atoms with Crippen LogP contribution in [0.1, 0.15) is 69.3 Å². The maximum absolute atomic E-state index is 13.7. The van der Waals surface area contributed by atoms with Gasteiger partial charge in [0, 0.05) is 0 Å². The number of rotatable bonds is 5. The van der Waals surface area contributed by atoms with E-state index in [0.717, 1.165) is 17.4 Å². The van der Waals surface area contributed by atoms with Crippen LogP contribution in [0.25, 0.3) is 0 Å². The van der Waals surface area contributed by atoms with E-state index in [1.807, 2.05) is 12.1 Å². The predicted molar refractivity (Wildman–Crippen MR) is 101 cm³/mol. The fraction of sp³-hybridized carbons (Fsp3) is 0.636. The second-order valence-corrected chi connectivity index (χ2v) is 8.27. The zero-order valence-electron chi connectivity index (χ0n) is 14.9. The summed E-state index contributed by atoms with van der Waals surface area (Å²) in [4.78, 5) is 0. The van der Waals surface area contributed by atoms with Crippen LogP contribution in [-0.2, 0) is 0 Å². The van der Waals surface area contributed by atoms with Gasteiger partial charge in [-0.05, 0) is 99.2 Å². The summed E-state index contributed by atoms with van der Waals surface area (Å²) in [7, 11) is 0. The molecular formula is C22H29ClF2. The first-order valence-corrected chi connectivity index (χ1v) is 10.2. The molecule has 0 N–H and O–H groups in total. The van der Waals surface area contributed by atoms with E-state index in [2.05, 4.69) is 6.08 Å². The first kappa shape index (κ1) is 18.9. The maximum Gasteiger partial charge on any atom is 0.142 e. The van der Waals surface area contributed by atoms with E-state index in [1.54, 1.807) is 12.1 Å². The molecular weight excluding hydrogens is 338 g/mol. The lowest BCUT2D eigenvalue weighted by molar-refractivity contribution is 0.171. The molecule has 138 valence electrons. The van der Waals surface area contributed by atoms with Gasteiger partial charge in [-0.2, -0.15) is 0 Å². The van der Waals surface area contributed by atoms with Crippen LogP contribution in [-0.4, -0.2) is 6.67 Å². The van der Waals surface area contributed by atoms with Crippen molar-refractivity contribution in [3.8, 4) is 0 Å². The van der Waals surface area contributed by atoms with Crippen molar-refractivity contribution < 1.29 is 8.78 Å². The molecule has 0 unspecified atom stereocenters. The highest BCUT2D eigenvalue weighted by molar-refractivity contribution is 6.30. The molecule has 0 atom stereocenters. The topological polar surface area (TPSA) is 0 Å². The van der Waals surface area contributed by atoms with Crippen LogP contribution in [0, 0.1) is 23.6 Å². The highest BCUT2D eigenvalue weighted by Gasteiger charge is 2.30. The van der Waals surface area contributed by atoms with Crippen molar-refractivity contribution in [3.63, 3.8) is 0 Å². The molecule has 0 spiro atoms. The number of benzene rings is 1. The number of alkyl halides is 1. The van der Waals surface area contributed by atoms with Gasteiger partial charge in [0.25, 0.3) is 0 Å². The van der Waals surface area contributed by atoms with Crippen LogP contribution < -0.4 is 0 Å². The minimum absolute atomic E-state index is 0.217. The third-order valence-electron chi connectivity index (χ3n) is 6.35. The molecule has 3 rings (SSSR count). The van der Waals surface area contributed by atoms with Crippen molar-refractivity contribution in [3.05, 3.63) is 46.8 Å². The lowest BCUT2D eigenvalue weighted by Gasteiger charge is -2.37. The van der Waals surface area contributed by atoms with Gasteiger partial charge in [-0.3, -0.25) is 4.39 Å². The Labute approximate surface area is 155 Å². The van der Waals surface area contributed by atoms with Gasteiger partial charge in [0.05, 0.1) is 11.7 Å². The molecule has 2 aliphatic carbocycles. The summed E-state index contributed by atoms with van der Waals surface area (Å²) in [5.74, 6) is 2.55. The minimum Gasteiger partial charge on any atom is -0.251 e. The number of allylic oxidation sites excluding steroid dienone is 2. The zero-order chi connectivity index (χ0) is 17.6. The molecule has 0 aromatic heterocycles. The van der Waals surface area contributed by atoms with Crippen LogP contribution in [0.5, 0.6) is 0 Å². The van der Waals surface area contributed by atoms with Gasteiger partial charge < -0.3 is 0 Å². The third kappa shape index (κ3) is 5.06. The molecule has 0 bridgehead atoms. The Morgan fingerprint density at radius 2 is 1.60 bits per heavy atom. The molecule has 3 heteroatoms. The Morgan fingerprint density at radius 3 is 2.20 bits per heavy atom. The summed E-state index contributed by atoms with van der Waals surface area (Å²) < 4.78 is 25.9. The zero-order valence-corrected chi connectivity index (χ0v) is 15.7. The predicted octanol–water partition coefficient (Wildman–Crippen LogP) is 7.48. The van der Waals surface area contributed by atoms with Crippen LogP contribution in [0.2, 0.25) is 5.02 Å². The van der Waals surface area contributed by atoms with Crippen molar-refractivity contribution in [2.24, 2.45) is 17.8 Å². The normalized spacial score (nSPS) is 30.7.